The number of fused-ring (bicyclic) bond motifs is 2. The van der Waals surface area contributed by atoms with Gasteiger partial charge in [0.15, 0.2) is 11.3 Å². The van der Waals surface area contributed by atoms with Crippen LogP contribution in [0.1, 0.15) is 32.8 Å². The molecule has 2 aliphatic rings. The summed E-state index contributed by atoms with van der Waals surface area (Å²) in [5.74, 6) is -0.296. The Hall–Kier alpha value is -3.40. The lowest BCUT2D eigenvalue weighted by molar-refractivity contribution is -0.302. The van der Waals surface area contributed by atoms with Gasteiger partial charge in [0.25, 0.3) is 0 Å². The van der Waals surface area contributed by atoms with Crippen LogP contribution in [0, 0.1) is 18.3 Å². The summed E-state index contributed by atoms with van der Waals surface area (Å²) in [6.07, 6.45) is 0.505. The fraction of sp³-hybridized carbons (Fsp3) is 0.391. The summed E-state index contributed by atoms with van der Waals surface area (Å²) < 4.78 is 8.40. The number of nitrogens with zero attached hydrogens (tertiary/aromatic N) is 4. The van der Waals surface area contributed by atoms with Crippen molar-refractivity contribution in [3.05, 3.63) is 41.3 Å². The van der Waals surface area contributed by atoms with E-state index in [-0.39, 0.29) is 0 Å². The number of aryl methyl sites for hydroxylation is 1. The number of aliphatic carboxylic acids is 1. The maximum absolute atomic E-state index is 8.89. The number of carbonyl (C=O) groups excluding carboxylic acids is 1. The summed E-state index contributed by atoms with van der Waals surface area (Å²) in [6.45, 7) is 9.79. The van der Waals surface area contributed by atoms with Crippen LogP contribution >= 0.6 is 0 Å². The predicted molar refractivity (Wildman–Crippen MR) is 116 cm³/mol. The number of carbonyl (C=O) groups is 1. The van der Waals surface area contributed by atoms with Crippen LogP contribution in [0.15, 0.2) is 34.7 Å². The number of rotatable bonds is 5. The zero-order chi connectivity index (χ0) is 22.3. The van der Waals surface area contributed by atoms with Gasteiger partial charge in [0.1, 0.15) is 24.8 Å². The Morgan fingerprint density at radius 1 is 1.30 bits per heavy atom. The highest BCUT2D eigenvalue weighted by molar-refractivity contribution is 5.80. The lowest BCUT2D eigenvalue weighted by Gasteiger charge is -2.22. The van der Waals surface area contributed by atoms with E-state index in [2.05, 4.69) is 55.5 Å². The van der Waals surface area contributed by atoms with E-state index in [1.165, 1.54) is 5.56 Å². The second kappa shape index (κ2) is 10.4. The van der Waals surface area contributed by atoms with E-state index in [9.17, 15) is 0 Å². The van der Waals surface area contributed by atoms with E-state index in [0.29, 0.717) is 13.0 Å². The number of anilines is 1. The van der Waals surface area contributed by atoms with Crippen LogP contribution in [-0.4, -0.2) is 37.6 Å². The van der Waals surface area contributed by atoms with Gasteiger partial charge in [0.05, 0.1) is 18.6 Å². The van der Waals surface area contributed by atoms with Gasteiger partial charge in [-0.15, -0.1) is 0 Å². The van der Waals surface area contributed by atoms with Crippen LogP contribution in [0.25, 0.3) is 22.6 Å². The Kier molecular flexibility index (Phi) is 7.93. The molecular weight excluding hydrogens is 380 g/mol. The van der Waals surface area contributed by atoms with Gasteiger partial charge in [-0.3, -0.25) is 0 Å². The van der Waals surface area contributed by atoms with Crippen molar-refractivity contribution < 1.29 is 14.3 Å². The molecule has 0 radical (unpaired) electrons. The summed E-state index contributed by atoms with van der Waals surface area (Å²) in [5, 5.41) is 18.9. The number of benzene rings is 2. The van der Waals surface area contributed by atoms with Gasteiger partial charge in [0.2, 0.25) is 5.36 Å². The van der Waals surface area contributed by atoms with Gasteiger partial charge in [-0.1, -0.05) is 0 Å². The highest BCUT2D eigenvalue weighted by Crippen LogP contribution is 2.27. The topological polar surface area (TPSA) is 96.2 Å². The molecule has 0 bridgehead atoms. The number of hydrogen-bond donors (Lipinski definition) is 0. The monoisotopic (exact) mass is 408 g/mol. The molecule has 7 heteroatoms. The molecule has 0 unspecified atom stereocenters. The molecule has 1 aromatic carbocycles. The van der Waals surface area contributed by atoms with E-state index in [4.69, 9.17) is 24.6 Å². The molecule has 1 aliphatic heterocycles. The predicted octanol–water partition coefficient (Wildman–Crippen LogP) is 2.16. The minimum atomic E-state index is -1.08. The second-order valence-corrected chi connectivity index (χ2v) is 6.97. The maximum Gasteiger partial charge on any atom is 0.206 e. The summed E-state index contributed by atoms with van der Waals surface area (Å²) in [7, 11) is 2.08. The fourth-order valence-corrected chi connectivity index (χ4v) is 3.19. The van der Waals surface area contributed by atoms with E-state index in [1.807, 2.05) is 18.2 Å². The average molecular weight is 409 g/mol. The van der Waals surface area contributed by atoms with Crippen molar-refractivity contribution in [3.8, 4) is 17.5 Å². The number of carboxylic acid groups (broad SMARTS) is 1. The zero-order valence-corrected chi connectivity index (χ0v) is 18.2. The Morgan fingerprint density at radius 3 is 2.60 bits per heavy atom. The Morgan fingerprint density at radius 2 is 2.00 bits per heavy atom. The number of hydrogen-bond acceptors (Lipinski definition) is 6. The summed E-state index contributed by atoms with van der Waals surface area (Å²) in [4.78, 5) is 15.8. The van der Waals surface area contributed by atoms with E-state index in [0.717, 1.165) is 53.6 Å². The summed E-state index contributed by atoms with van der Waals surface area (Å²) in [6, 6.07) is 12.4. The minimum Gasteiger partial charge on any atom is -0.550 e. The lowest BCUT2D eigenvalue weighted by atomic mass is 10.1. The molecule has 30 heavy (non-hydrogen) atoms. The van der Waals surface area contributed by atoms with Crippen molar-refractivity contribution in [2.24, 2.45) is 0 Å². The van der Waals surface area contributed by atoms with Crippen LogP contribution < -0.4 is 19.9 Å². The molecule has 1 heterocycles. The van der Waals surface area contributed by atoms with Gasteiger partial charge in [0, 0.05) is 36.4 Å². The van der Waals surface area contributed by atoms with E-state index in [1.54, 1.807) is 0 Å². The smallest absolute Gasteiger partial charge is 0.206 e. The molecule has 158 valence electrons. The molecule has 1 aliphatic carbocycles. The highest BCUT2D eigenvalue weighted by atomic mass is 16.4. The fourth-order valence-electron chi connectivity index (χ4n) is 3.19. The van der Waals surface area contributed by atoms with Crippen molar-refractivity contribution in [3.63, 3.8) is 0 Å². The molecule has 0 N–H and O–H groups in total. The van der Waals surface area contributed by atoms with Crippen LogP contribution in [0.2, 0.25) is 0 Å². The SMILES string of the molecule is CC(=O)[O-].CCN(CCC#N)c1ccc2nc3cc(C)c(=[N+](C)CC)cc-3oc2c1. The number of nitriles is 1. The first-order valence-electron chi connectivity index (χ1n) is 9.99. The largest absolute Gasteiger partial charge is 0.550 e. The third kappa shape index (κ3) is 5.57. The Bertz CT molecular complexity index is 1110. The van der Waals surface area contributed by atoms with E-state index < -0.39 is 5.97 Å². The first-order chi connectivity index (χ1) is 14.3. The van der Waals surface area contributed by atoms with Crippen LogP contribution in [0.4, 0.5) is 5.69 Å². The lowest BCUT2D eigenvalue weighted by Crippen LogP contribution is -2.28. The van der Waals surface area contributed by atoms with Crippen molar-refractivity contribution in [1.82, 2.24) is 9.56 Å². The molecular formula is C23H28N4O3. The highest BCUT2D eigenvalue weighted by Gasteiger charge is 2.14. The quantitative estimate of drug-likeness (QED) is 0.474. The van der Waals surface area contributed by atoms with Gasteiger partial charge in [-0.05, 0) is 45.9 Å². The Labute approximate surface area is 176 Å². The Balaban J connectivity index is 0.000000735. The van der Waals surface area contributed by atoms with Gasteiger partial charge < -0.3 is 19.2 Å². The number of carboxylic acids is 1. The summed E-state index contributed by atoms with van der Waals surface area (Å²) in [5.41, 5.74) is 4.72. The molecule has 0 fully saturated rings. The molecule has 0 amide bonds. The van der Waals surface area contributed by atoms with Gasteiger partial charge in [-0.25, -0.2) is 9.56 Å². The van der Waals surface area contributed by atoms with Crippen LogP contribution in [-0.2, 0) is 4.79 Å². The van der Waals surface area contributed by atoms with Crippen LogP contribution in [0.3, 0.4) is 0 Å². The molecule has 0 saturated carbocycles. The second-order valence-electron chi connectivity index (χ2n) is 6.97. The third-order valence-electron chi connectivity index (χ3n) is 4.81. The molecule has 1 aromatic rings. The van der Waals surface area contributed by atoms with E-state index >= 15 is 0 Å². The van der Waals surface area contributed by atoms with Crippen molar-refractivity contribution in [1.29, 1.82) is 5.26 Å². The average Bonchev–Trinajstić information content (AvgIpc) is 2.71. The molecule has 0 atom stereocenters. The molecule has 3 rings (SSSR count). The normalized spacial score (nSPS) is 11.5. The first kappa shape index (κ1) is 22.9. The molecule has 0 spiro atoms. The number of aromatic nitrogens is 1. The standard InChI is InChI=1S/C21H25N4O.C2H4O2/c1-5-24(4)19-14-21-18(12-15(19)3)23-17-9-8-16(13-20(17)26-21)25(6-2)11-7-10-22;1-2(3)4/h8-9,12-14H,5-7,11H2,1-4H3;1H3,(H,3,4)/q+1;/p-1. The minimum absolute atomic E-state index is 0.505. The molecule has 0 saturated heterocycles. The van der Waals surface area contributed by atoms with Crippen molar-refractivity contribution in [2.45, 2.75) is 34.1 Å². The third-order valence-corrected chi connectivity index (χ3v) is 4.81. The molecule has 0 aromatic heterocycles. The van der Waals surface area contributed by atoms with Crippen molar-refractivity contribution in [2.75, 3.05) is 31.6 Å². The maximum atomic E-state index is 8.89. The zero-order valence-electron chi connectivity index (χ0n) is 18.2. The van der Waals surface area contributed by atoms with Crippen molar-refractivity contribution >= 4 is 22.8 Å². The molecule has 7 nitrogen and oxygen atoms in total. The summed E-state index contributed by atoms with van der Waals surface area (Å²) >= 11 is 0. The van der Waals surface area contributed by atoms with Crippen LogP contribution in [0.5, 0.6) is 0 Å². The first-order valence-corrected chi connectivity index (χ1v) is 9.99. The van der Waals surface area contributed by atoms with Gasteiger partial charge in [-0.2, -0.15) is 5.26 Å². The van der Waals surface area contributed by atoms with Gasteiger partial charge >= 0.3 is 0 Å².